The van der Waals surface area contributed by atoms with E-state index in [4.69, 9.17) is 14.0 Å². The number of aromatic nitrogens is 1. The minimum atomic E-state index is -1.05. The maximum absolute atomic E-state index is 9.84. The molecule has 0 fully saturated rings. The Kier molecular flexibility index (Phi) is 10.7. The predicted octanol–water partition coefficient (Wildman–Crippen LogP) is 7.17. The highest BCUT2D eigenvalue weighted by Crippen LogP contribution is 2.30. The standard InChI is InChI=1S/C37H38BN2O4/c1-3-39(4-2)32-23-21-30(22-24-32)19-20-31-25-26-40(27-28-41)36(29-31)35-17-11-12-18-37(35)44-38(42-33-13-7-5-8-14-33)43-34-15-9-6-10-16-34/h5-26,29,41H,3-4,27-28H2,1-2H3/q+1. The first-order valence-corrected chi connectivity index (χ1v) is 15.0. The van der Waals surface area contributed by atoms with E-state index < -0.39 is 7.32 Å². The maximum Gasteiger partial charge on any atom is 0.864 e. The van der Waals surface area contributed by atoms with Crippen molar-refractivity contribution in [3.05, 3.63) is 139 Å². The molecule has 4 aromatic carbocycles. The van der Waals surface area contributed by atoms with E-state index in [1.165, 1.54) is 5.69 Å². The molecule has 0 unspecified atom stereocenters. The Hall–Kier alpha value is -5.01. The van der Waals surface area contributed by atoms with E-state index in [2.05, 4.69) is 61.2 Å². The lowest BCUT2D eigenvalue weighted by Gasteiger charge is -2.20. The van der Waals surface area contributed by atoms with Crippen molar-refractivity contribution in [1.29, 1.82) is 0 Å². The fourth-order valence-corrected chi connectivity index (χ4v) is 4.94. The molecule has 0 aliphatic rings. The number of hydrogen-bond donors (Lipinski definition) is 1. The van der Waals surface area contributed by atoms with Crippen LogP contribution < -0.4 is 23.4 Å². The first kappa shape index (κ1) is 30.5. The van der Waals surface area contributed by atoms with Gasteiger partial charge >= 0.3 is 7.32 Å². The molecule has 0 saturated carbocycles. The summed E-state index contributed by atoms with van der Waals surface area (Å²) in [5.41, 5.74) is 5.11. The van der Waals surface area contributed by atoms with Crippen molar-refractivity contribution >= 4 is 25.2 Å². The highest BCUT2D eigenvalue weighted by Gasteiger charge is 2.32. The van der Waals surface area contributed by atoms with Gasteiger partial charge in [-0.25, -0.2) is 0 Å². The van der Waals surface area contributed by atoms with Gasteiger partial charge in [0.25, 0.3) is 0 Å². The highest BCUT2D eigenvalue weighted by molar-refractivity contribution is 6.39. The van der Waals surface area contributed by atoms with Crippen LogP contribution in [-0.4, -0.2) is 32.1 Å². The van der Waals surface area contributed by atoms with E-state index in [1.54, 1.807) is 0 Å². The third-order valence-electron chi connectivity index (χ3n) is 7.23. The molecule has 0 amide bonds. The van der Waals surface area contributed by atoms with Crippen LogP contribution in [0.2, 0.25) is 0 Å². The molecule has 0 bridgehead atoms. The number of aliphatic hydroxyl groups excluding tert-OH is 1. The van der Waals surface area contributed by atoms with Crippen molar-refractivity contribution in [2.24, 2.45) is 0 Å². The van der Waals surface area contributed by atoms with Gasteiger partial charge in [-0.3, -0.25) is 0 Å². The SMILES string of the molecule is CCN(CC)c1ccc(/C=C/c2cc[n+](CCO)c(-c3ccccc3OB(Oc3ccccc3)Oc3ccccc3)c2)cc1. The number of aliphatic hydroxyl groups is 1. The van der Waals surface area contributed by atoms with Crippen LogP contribution in [-0.2, 0) is 6.54 Å². The van der Waals surface area contributed by atoms with E-state index in [0.29, 0.717) is 23.8 Å². The number of anilines is 1. The number of benzene rings is 4. The Morgan fingerprint density at radius 2 is 1.27 bits per heavy atom. The molecule has 222 valence electrons. The van der Waals surface area contributed by atoms with Crippen molar-refractivity contribution in [1.82, 2.24) is 0 Å². The van der Waals surface area contributed by atoms with Gasteiger partial charge in [0.2, 0.25) is 5.69 Å². The molecule has 0 saturated heterocycles. The van der Waals surface area contributed by atoms with Crippen LogP contribution in [0.5, 0.6) is 17.2 Å². The molecule has 1 N–H and O–H groups in total. The second kappa shape index (κ2) is 15.5. The normalized spacial score (nSPS) is 10.9. The molecule has 1 heterocycles. The molecular formula is C37H38BN2O4+. The van der Waals surface area contributed by atoms with Gasteiger partial charge < -0.3 is 24.0 Å². The summed E-state index contributed by atoms with van der Waals surface area (Å²) < 4.78 is 20.7. The first-order valence-electron chi connectivity index (χ1n) is 15.0. The van der Waals surface area contributed by atoms with Crippen LogP contribution in [0, 0.1) is 0 Å². The van der Waals surface area contributed by atoms with Crippen molar-refractivity contribution in [2.75, 3.05) is 24.6 Å². The summed E-state index contributed by atoms with van der Waals surface area (Å²) in [7, 11) is -1.05. The van der Waals surface area contributed by atoms with Gasteiger partial charge in [0.1, 0.15) is 23.9 Å². The lowest BCUT2D eigenvalue weighted by molar-refractivity contribution is -0.687. The van der Waals surface area contributed by atoms with Crippen LogP contribution in [0.1, 0.15) is 25.0 Å². The third kappa shape index (κ3) is 8.09. The minimum absolute atomic E-state index is 0.00558. The Morgan fingerprint density at radius 3 is 1.89 bits per heavy atom. The fourth-order valence-electron chi connectivity index (χ4n) is 4.94. The summed E-state index contributed by atoms with van der Waals surface area (Å²) in [6.45, 7) is 6.74. The summed E-state index contributed by atoms with van der Waals surface area (Å²) in [6.07, 6.45) is 6.20. The summed E-state index contributed by atoms with van der Waals surface area (Å²) in [5, 5.41) is 9.84. The first-order chi connectivity index (χ1) is 21.7. The smallest absolute Gasteiger partial charge is 0.490 e. The third-order valence-corrected chi connectivity index (χ3v) is 7.23. The number of pyridine rings is 1. The molecule has 0 radical (unpaired) electrons. The lowest BCUT2D eigenvalue weighted by atomic mass is 10.0. The van der Waals surface area contributed by atoms with Crippen molar-refractivity contribution in [3.8, 4) is 28.5 Å². The molecule has 0 aliphatic heterocycles. The van der Waals surface area contributed by atoms with Crippen molar-refractivity contribution in [2.45, 2.75) is 20.4 Å². The van der Waals surface area contributed by atoms with E-state index in [9.17, 15) is 5.11 Å². The van der Waals surface area contributed by atoms with E-state index in [1.807, 2.05) is 102 Å². The zero-order valence-corrected chi connectivity index (χ0v) is 25.3. The van der Waals surface area contributed by atoms with Crippen molar-refractivity contribution in [3.63, 3.8) is 0 Å². The Morgan fingerprint density at radius 1 is 0.682 bits per heavy atom. The van der Waals surface area contributed by atoms with Crippen LogP contribution >= 0.6 is 0 Å². The molecule has 6 nitrogen and oxygen atoms in total. The Labute approximate surface area is 260 Å². The zero-order chi connectivity index (χ0) is 30.6. The summed E-state index contributed by atoms with van der Waals surface area (Å²) in [5.74, 6) is 1.83. The van der Waals surface area contributed by atoms with Gasteiger partial charge in [0.05, 0.1) is 5.56 Å². The predicted molar refractivity (Wildman–Crippen MR) is 179 cm³/mol. The summed E-state index contributed by atoms with van der Waals surface area (Å²) in [4.78, 5) is 2.33. The second-order valence-corrected chi connectivity index (χ2v) is 10.1. The van der Waals surface area contributed by atoms with Gasteiger partial charge in [-0.2, -0.15) is 4.57 Å². The highest BCUT2D eigenvalue weighted by atomic mass is 16.7. The number of hydrogen-bond acceptors (Lipinski definition) is 5. The maximum atomic E-state index is 9.84. The number of rotatable bonds is 14. The Balaban J connectivity index is 1.44. The zero-order valence-electron chi connectivity index (χ0n) is 25.3. The quantitative estimate of drug-likeness (QED) is 0.111. The monoisotopic (exact) mass is 585 g/mol. The van der Waals surface area contributed by atoms with E-state index in [-0.39, 0.29) is 6.61 Å². The molecule has 0 atom stereocenters. The van der Waals surface area contributed by atoms with Gasteiger partial charge in [0, 0.05) is 30.9 Å². The van der Waals surface area contributed by atoms with Crippen LogP contribution in [0.3, 0.4) is 0 Å². The minimum Gasteiger partial charge on any atom is -0.490 e. The molecule has 0 spiro atoms. The van der Waals surface area contributed by atoms with E-state index in [0.717, 1.165) is 35.5 Å². The molecule has 1 aromatic heterocycles. The Bertz CT molecular complexity index is 1580. The van der Waals surface area contributed by atoms with Gasteiger partial charge in [0.15, 0.2) is 12.7 Å². The second-order valence-electron chi connectivity index (χ2n) is 10.1. The van der Waals surface area contributed by atoms with Gasteiger partial charge in [-0.15, -0.1) is 0 Å². The summed E-state index contributed by atoms with van der Waals surface area (Å²) in [6, 6.07) is 39.4. The molecular weight excluding hydrogens is 547 g/mol. The molecule has 5 rings (SSSR count). The molecule has 5 aromatic rings. The molecule has 7 heteroatoms. The van der Waals surface area contributed by atoms with Crippen molar-refractivity contribution < 1.29 is 23.6 Å². The van der Waals surface area contributed by atoms with Crippen LogP contribution in [0.15, 0.2) is 128 Å². The number of nitrogens with zero attached hydrogens (tertiary/aromatic N) is 2. The van der Waals surface area contributed by atoms with E-state index >= 15 is 0 Å². The summed E-state index contributed by atoms with van der Waals surface area (Å²) >= 11 is 0. The van der Waals surface area contributed by atoms with Crippen LogP contribution in [0.25, 0.3) is 23.4 Å². The van der Waals surface area contributed by atoms with Gasteiger partial charge in [-0.05, 0) is 73.5 Å². The topological polar surface area (TPSA) is 55.0 Å². The average Bonchev–Trinajstić information content (AvgIpc) is 3.07. The van der Waals surface area contributed by atoms with Crippen LogP contribution in [0.4, 0.5) is 5.69 Å². The lowest BCUT2D eigenvalue weighted by Crippen LogP contribution is -2.39. The fraction of sp³-hybridized carbons (Fsp3) is 0.162. The molecule has 0 aliphatic carbocycles. The number of para-hydroxylation sites is 3. The van der Waals surface area contributed by atoms with Gasteiger partial charge in [-0.1, -0.05) is 72.8 Å². The average molecular weight is 586 g/mol. The molecule has 44 heavy (non-hydrogen) atoms. The largest absolute Gasteiger partial charge is 0.864 e.